The van der Waals surface area contributed by atoms with E-state index in [0.717, 1.165) is 20.1 Å². The fraction of sp³-hybridized carbons (Fsp3) is 0.375. The summed E-state index contributed by atoms with van der Waals surface area (Å²) < 4.78 is 2.96. The van der Waals surface area contributed by atoms with Gasteiger partial charge in [0.1, 0.15) is 0 Å². The molecule has 0 spiro atoms. The average Bonchev–Trinajstić information content (AvgIpc) is 3.16. The summed E-state index contributed by atoms with van der Waals surface area (Å²) in [5.74, 6) is 0.990. The van der Waals surface area contributed by atoms with Gasteiger partial charge in [0, 0.05) is 22.8 Å². The van der Waals surface area contributed by atoms with Crippen molar-refractivity contribution in [3.63, 3.8) is 0 Å². The van der Waals surface area contributed by atoms with Crippen LogP contribution in [-0.4, -0.2) is 42.7 Å². The van der Waals surface area contributed by atoms with E-state index in [1.807, 2.05) is 48.3 Å². The molecule has 0 aliphatic carbocycles. The number of carbonyl (C=O) groups is 1. The summed E-state index contributed by atoms with van der Waals surface area (Å²) in [4.78, 5) is 20.0. The van der Waals surface area contributed by atoms with Gasteiger partial charge in [-0.15, -0.1) is 21.5 Å². The maximum absolute atomic E-state index is 12.6. The van der Waals surface area contributed by atoms with Crippen molar-refractivity contribution in [1.29, 1.82) is 0 Å². The first-order chi connectivity index (χ1) is 12.0. The minimum absolute atomic E-state index is 0.0893. The number of amides is 1. The van der Waals surface area contributed by atoms with Crippen LogP contribution in [0.15, 0.2) is 27.1 Å². The van der Waals surface area contributed by atoms with Crippen molar-refractivity contribution >= 4 is 50.7 Å². The Morgan fingerprint density at radius 1 is 1.36 bits per heavy atom. The lowest BCUT2D eigenvalue weighted by Crippen LogP contribution is -2.31. The molecular weight excluding hydrogens is 422 g/mol. The van der Waals surface area contributed by atoms with Crippen LogP contribution in [0.1, 0.15) is 23.2 Å². The van der Waals surface area contributed by atoms with Crippen LogP contribution in [0.2, 0.25) is 0 Å². The summed E-state index contributed by atoms with van der Waals surface area (Å²) in [6.07, 6.45) is 0. The lowest BCUT2D eigenvalue weighted by molar-refractivity contribution is -0.128. The molecule has 0 aliphatic heterocycles. The van der Waals surface area contributed by atoms with Crippen LogP contribution in [0.4, 0.5) is 0 Å². The molecule has 0 unspecified atom stereocenters. The highest BCUT2D eigenvalue weighted by atomic mass is 79.9. The van der Waals surface area contributed by atoms with E-state index >= 15 is 0 Å². The van der Waals surface area contributed by atoms with Crippen LogP contribution in [0.25, 0.3) is 5.78 Å². The number of aryl methyl sites for hydroxylation is 2. The van der Waals surface area contributed by atoms with Crippen LogP contribution >= 0.6 is 39.0 Å². The highest BCUT2D eigenvalue weighted by Gasteiger charge is 2.16. The molecule has 132 valence electrons. The Morgan fingerprint density at radius 2 is 2.16 bits per heavy atom. The molecule has 0 N–H and O–H groups in total. The molecule has 3 aromatic rings. The van der Waals surface area contributed by atoms with E-state index in [0.29, 0.717) is 29.8 Å². The third-order valence-corrected chi connectivity index (χ3v) is 6.22. The molecule has 0 saturated carbocycles. The molecule has 6 nitrogen and oxygen atoms in total. The zero-order chi connectivity index (χ0) is 18.0. The molecule has 1 amide bonds. The molecule has 0 atom stereocenters. The van der Waals surface area contributed by atoms with Gasteiger partial charge in [-0.25, -0.2) is 4.98 Å². The number of rotatable bonds is 6. The third kappa shape index (κ3) is 4.21. The molecular formula is C16H18BrN5OS2. The summed E-state index contributed by atoms with van der Waals surface area (Å²) in [5, 5.41) is 8.98. The van der Waals surface area contributed by atoms with Crippen LogP contribution < -0.4 is 0 Å². The van der Waals surface area contributed by atoms with Crippen LogP contribution in [0, 0.1) is 13.8 Å². The van der Waals surface area contributed by atoms with Crippen molar-refractivity contribution in [2.45, 2.75) is 32.5 Å². The Hall–Kier alpha value is -1.45. The first-order valence-electron chi connectivity index (χ1n) is 7.82. The van der Waals surface area contributed by atoms with Gasteiger partial charge >= 0.3 is 0 Å². The average molecular weight is 440 g/mol. The fourth-order valence-electron chi connectivity index (χ4n) is 2.51. The topological polar surface area (TPSA) is 63.4 Å². The van der Waals surface area contributed by atoms with Gasteiger partial charge < -0.3 is 4.90 Å². The number of hydrogen-bond donors (Lipinski definition) is 0. The summed E-state index contributed by atoms with van der Waals surface area (Å²) in [5.41, 5.74) is 1.92. The van der Waals surface area contributed by atoms with Gasteiger partial charge in [-0.05, 0) is 54.9 Å². The first-order valence-corrected chi connectivity index (χ1v) is 10.4. The Bertz CT molecular complexity index is 907. The van der Waals surface area contributed by atoms with Crippen molar-refractivity contribution in [2.75, 3.05) is 12.3 Å². The number of thioether (sulfide) groups is 1. The minimum Gasteiger partial charge on any atom is -0.337 e. The third-order valence-electron chi connectivity index (χ3n) is 3.70. The van der Waals surface area contributed by atoms with Gasteiger partial charge in [0.15, 0.2) is 5.16 Å². The van der Waals surface area contributed by atoms with Crippen LogP contribution in [0.5, 0.6) is 0 Å². The van der Waals surface area contributed by atoms with Crippen LogP contribution in [0.3, 0.4) is 0 Å². The van der Waals surface area contributed by atoms with E-state index in [2.05, 4.69) is 31.1 Å². The summed E-state index contributed by atoms with van der Waals surface area (Å²) in [6, 6.07) is 6.03. The lowest BCUT2D eigenvalue weighted by Gasteiger charge is -2.19. The fourth-order valence-corrected chi connectivity index (χ4v) is 4.90. The highest BCUT2D eigenvalue weighted by molar-refractivity contribution is 9.11. The second kappa shape index (κ2) is 7.84. The predicted molar refractivity (Wildman–Crippen MR) is 104 cm³/mol. The van der Waals surface area contributed by atoms with Gasteiger partial charge in [0.05, 0.1) is 16.1 Å². The first kappa shape index (κ1) is 18.3. The number of carbonyl (C=O) groups excluding carboxylic acids is 1. The van der Waals surface area contributed by atoms with Gasteiger partial charge in [0.2, 0.25) is 5.91 Å². The van der Waals surface area contributed by atoms with E-state index in [9.17, 15) is 4.79 Å². The smallest absolute Gasteiger partial charge is 0.256 e. The maximum Gasteiger partial charge on any atom is 0.256 e. The molecule has 3 aromatic heterocycles. The second-order valence-corrected chi connectivity index (χ2v) is 9.05. The lowest BCUT2D eigenvalue weighted by atomic mass is 10.3. The monoisotopic (exact) mass is 439 g/mol. The van der Waals surface area contributed by atoms with E-state index in [1.165, 1.54) is 11.8 Å². The molecule has 0 aliphatic rings. The Balaban J connectivity index is 1.69. The summed E-state index contributed by atoms with van der Waals surface area (Å²) >= 11 is 6.51. The van der Waals surface area contributed by atoms with Crippen molar-refractivity contribution in [3.8, 4) is 0 Å². The molecule has 3 rings (SSSR count). The number of hydrogen-bond acceptors (Lipinski definition) is 6. The van der Waals surface area contributed by atoms with Gasteiger partial charge in [-0.1, -0.05) is 11.8 Å². The number of aromatic nitrogens is 4. The van der Waals surface area contributed by atoms with Crippen molar-refractivity contribution in [2.24, 2.45) is 0 Å². The molecule has 0 saturated heterocycles. The molecule has 0 fully saturated rings. The summed E-state index contributed by atoms with van der Waals surface area (Å²) in [7, 11) is 0. The van der Waals surface area contributed by atoms with E-state index in [4.69, 9.17) is 0 Å². The van der Waals surface area contributed by atoms with E-state index in [-0.39, 0.29) is 5.91 Å². The standard InChI is InChI=1S/C16H18BrN5OS2/c1-4-21(8-12-5-6-13(17)25-12)14(23)9-24-16-20-19-15-18-10(2)7-11(3)22(15)16/h5-7H,4,8-9H2,1-3H3. The van der Waals surface area contributed by atoms with Crippen molar-refractivity contribution < 1.29 is 4.79 Å². The highest BCUT2D eigenvalue weighted by Crippen LogP contribution is 2.24. The molecule has 0 bridgehead atoms. The minimum atomic E-state index is 0.0893. The van der Waals surface area contributed by atoms with Gasteiger partial charge in [0.25, 0.3) is 5.78 Å². The zero-order valence-electron chi connectivity index (χ0n) is 14.2. The zero-order valence-corrected chi connectivity index (χ0v) is 17.4. The summed E-state index contributed by atoms with van der Waals surface area (Å²) in [6.45, 7) is 7.22. The van der Waals surface area contributed by atoms with E-state index in [1.54, 1.807) is 11.3 Å². The van der Waals surface area contributed by atoms with Gasteiger partial charge in [-0.2, -0.15) is 0 Å². The van der Waals surface area contributed by atoms with Crippen molar-refractivity contribution in [3.05, 3.63) is 38.3 Å². The van der Waals surface area contributed by atoms with Crippen molar-refractivity contribution in [1.82, 2.24) is 24.5 Å². The number of halogens is 1. The largest absolute Gasteiger partial charge is 0.337 e. The molecule has 0 aromatic carbocycles. The normalized spacial score (nSPS) is 11.2. The maximum atomic E-state index is 12.6. The molecule has 0 radical (unpaired) electrons. The predicted octanol–water partition coefficient (Wildman–Crippen LogP) is 3.71. The second-order valence-electron chi connectivity index (χ2n) is 5.56. The van der Waals surface area contributed by atoms with Gasteiger partial charge in [-0.3, -0.25) is 9.20 Å². The quantitative estimate of drug-likeness (QED) is 0.547. The Morgan fingerprint density at radius 3 is 2.84 bits per heavy atom. The molecule has 25 heavy (non-hydrogen) atoms. The number of fused-ring (bicyclic) bond motifs is 1. The number of nitrogens with zero attached hydrogens (tertiary/aromatic N) is 5. The Labute approximate surface area is 162 Å². The molecule has 9 heteroatoms. The SMILES string of the molecule is CCN(Cc1ccc(Br)s1)C(=O)CSc1nnc2nc(C)cc(C)n12. The molecule has 3 heterocycles. The number of thiophene rings is 1. The Kier molecular flexibility index (Phi) is 5.75. The van der Waals surface area contributed by atoms with Crippen LogP contribution in [-0.2, 0) is 11.3 Å². The van der Waals surface area contributed by atoms with E-state index < -0.39 is 0 Å².